The van der Waals surface area contributed by atoms with Crippen molar-refractivity contribution in [3.63, 3.8) is 0 Å². The zero-order valence-electron chi connectivity index (χ0n) is 9.01. The second kappa shape index (κ2) is 4.25. The van der Waals surface area contributed by atoms with Crippen LogP contribution in [0.1, 0.15) is 0 Å². The van der Waals surface area contributed by atoms with Gasteiger partial charge in [0.2, 0.25) is 0 Å². The maximum absolute atomic E-state index is 12.7. The van der Waals surface area contributed by atoms with Gasteiger partial charge in [0.15, 0.2) is 0 Å². The van der Waals surface area contributed by atoms with E-state index in [-0.39, 0.29) is 21.4 Å². The molecule has 3 N–H and O–H groups in total. The topological polar surface area (TPSA) is 83.6 Å². The van der Waals surface area contributed by atoms with Gasteiger partial charge in [0.25, 0.3) is 5.92 Å². The van der Waals surface area contributed by atoms with Gasteiger partial charge in [0.05, 0.1) is 18.0 Å². The number of nitrogen functional groups attached to an aromatic ring is 1. The fraction of sp³-hybridized carbons (Fsp3) is 0.333. The van der Waals surface area contributed by atoms with Crippen LogP contribution in [0.15, 0.2) is 23.1 Å². The van der Waals surface area contributed by atoms with E-state index in [1.54, 1.807) is 0 Å². The summed E-state index contributed by atoms with van der Waals surface area (Å²) >= 11 is 0. The summed E-state index contributed by atoms with van der Waals surface area (Å²) in [5.41, 5.74) is 6.15. The molecule has 1 fully saturated rings. The minimum Gasteiger partial charge on any atom is -0.398 e. The first kappa shape index (κ1) is 13.4. The lowest BCUT2D eigenvalue weighted by molar-refractivity contribution is -0.0262. The van der Waals surface area contributed by atoms with Crippen LogP contribution in [0.2, 0.25) is 0 Å². The summed E-state index contributed by atoms with van der Waals surface area (Å²) in [6.45, 7) is -0.820. The van der Waals surface area contributed by atoms with E-state index in [1.165, 1.54) is 23.1 Å². The van der Waals surface area contributed by atoms with Crippen molar-refractivity contribution < 1.29 is 21.8 Å². The van der Waals surface area contributed by atoms with E-state index < -0.39 is 28.2 Å². The van der Waals surface area contributed by atoms with Crippen LogP contribution in [0, 0.1) is 0 Å². The van der Waals surface area contributed by atoms with Gasteiger partial charge in [-0.1, -0.05) is 0 Å². The molecule has 9 heteroatoms. The maximum atomic E-state index is 12.7. The smallest absolute Gasteiger partial charge is 0.324 e. The van der Waals surface area contributed by atoms with Crippen LogP contribution in [0.25, 0.3) is 0 Å². The summed E-state index contributed by atoms with van der Waals surface area (Å²) in [6.07, 6.45) is 0. The molecule has 0 atom stereocenters. The monoisotopic (exact) mass is 296 g/mol. The molecule has 1 saturated heterocycles. The largest absolute Gasteiger partial charge is 0.398 e. The number of nitrogens with two attached hydrogens (primary N) is 1. The van der Waals surface area contributed by atoms with Crippen molar-refractivity contribution >= 4 is 31.3 Å². The summed E-state index contributed by atoms with van der Waals surface area (Å²) < 4.78 is 55.7. The summed E-state index contributed by atoms with van der Waals surface area (Å²) in [4.78, 5) is 1.51. The van der Waals surface area contributed by atoms with Gasteiger partial charge >= 0.3 is 9.15 Å². The molecule has 1 aliphatic rings. The molecule has 1 heterocycles. The molecule has 0 aliphatic carbocycles. The van der Waals surface area contributed by atoms with Gasteiger partial charge in [-0.25, -0.2) is 8.78 Å². The summed E-state index contributed by atoms with van der Waals surface area (Å²) in [5, 5.41) is 0. The molecule has 0 unspecified atom stereocenters. The average Bonchev–Trinajstić information content (AvgIpc) is 2.15. The van der Waals surface area contributed by atoms with Crippen LogP contribution in [-0.2, 0) is 9.15 Å². The highest BCUT2D eigenvalue weighted by Gasteiger charge is 2.44. The Labute approximate surface area is 106 Å². The Hall–Kier alpha value is -1.06. The van der Waals surface area contributed by atoms with E-state index in [4.69, 9.17) is 10.3 Å². The number of anilines is 2. The summed E-state index contributed by atoms with van der Waals surface area (Å²) in [7, 11) is -4.10. The number of nitrogens with zero attached hydrogens (tertiary/aromatic N) is 1. The Kier molecular flexibility index (Phi) is 3.16. The molecule has 5 nitrogen and oxygen atoms in total. The van der Waals surface area contributed by atoms with Crippen molar-refractivity contribution in [2.45, 2.75) is 10.8 Å². The molecule has 1 aromatic rings. The Morgan fingerprint density at radius 1 is 1.39 bits per heavy atom. The average molecular weight is 296 g/mol. The van der Waals surface area contributed by atoms with Gasteiger partial charge in [-0.15, -0.1) is 0 Å². The van der Waals surface area contributed by atoms with Crippen molar-refractivity contribution in [3.05, 3.63) is 18.2 Å². The van der Waals surface area contributed by atoms with Crippen molar-refractivity contribution in [2.75, 3.05) is 23.7 Å². The molecule has 0 spiro atoms. The van der Waals surface area contributed by atoms with Gasteiger partial charge in [-0.05, 0) is 18.2 Å². The standard InChI is InChI=1S/C9H10F2N2O3S2/c10-9(11)4-13(5-9)6-1-2-7(12)8(3-6)17-18(14,15)16/h1-3H,4-5,12H2,(H,14,15,16). The predicted molar refractivity (Wildman–Crippen MR) is 65.4 cm³/mol. The lowest BCUT2D eigenvalue weighted by Crippen LogP contribution is -2.56. The third kappa shape index (κ3) is 3.03. The first-order valence-electron chi connectivity index (χ1n) is 4.85. The van der Waals surface area contributed by atoms with Crippen LogP contribution in [0.3, 0.4) is 0 Å². The van der Waals surface area contributed by atoms with Crippen molar-refractivity contribution in [3.8, 4) is 0 Å². The van der Waals surface area contributed by atoms with Gasteiger partial charge in [0.1, 0.15) is 0 Å². The highest BCUT2D eigenvalue weighted by Crippen LogP contribution is 2.36. The number of benzene rings is 1. The minimum atomic E-state index is -4.28. The molecule has 0 aromatic heterocycles. The van der Waals surface area contributed by atoms with E-state index >= 15 is 0 Å². The third-order valence-electron chi connectivity index (χ3n) is 2.40. The van der Waals surface area contributed by atoms with Crippen LogP contribution in [0.5, 0.6) is 0 Å². The van der Waals surface area contributed by atoms with Crippen LogP contribution >= 0.6 is 10.8 Å². The van der Waals surface area contributed by atoms with E-state index in [9.17, 15) is 17.2 Å². The van der Waals surface area contributed by atoms with E-state index in [2.05, 4.69) is 0 Å². The highest BCUT2D eigenvalue weighted by atomic mass is 33.1. The molecule has 0 bridgehead atoms. The van der Waals surface area contributed by atoms with Crippen LogP contribution in [0.4, 0.5) is 20.2 Å². The van der Waals surface area contributed by atoms with Gasteiger partial charge in [-0.3, -0.25) is 4.55 Å². The molecular formula is C9H10F2N2O3S2. The molecule has 0 amide bonds. The first-order chi connectivity index (χ1) is 8.16. The molecule has 1 aliphatic heterocycles. The Morgan fingerprint density at radius 3 is 2.50 bits per heavy atom. The quantitative estimate of drug-likeness (QED) is 0.501. The number of rotatable bonds is 3. The predicted octanol–water partition coefficient (Wildman–Crippen LogP) is 1.62. The van der Waals surface area contributed by atoms with Crippen molar-refractivity contribution in [2.24, 2.45) is 0 Å². The second-order valence-electron chi connectivity index (χ2n) is 3.95. The maximum Gasteiger partial charge on any atom is 0.324 e. The number of halogens is 2. The molecule has 18 heavy (non-hydrogen) atoms. The van der Waals surface area contributed by atoms with Crippen LogP contribution in [-0.4, -0.2) is 32.0 Å². The van der Waals surface area contributed by atoms with E-state index in [1.807, 2.05) is 0 Å². The van der Waals surface area contributed by atoms with E-state index in [0.717, 1.165) is 0 Å². The van der Waals surface area contributed by atoms with Crippen LogP contribution < -0.4 is 10.6 Å². The second-order valence-corrected chi connectivity index (χ2v) is 7.17. The molecular weight excluding hydrogens is 286 g/mol. The molecule has 0 saturated carbocycles. The van der Waals surface area contributed by atoms with Crippen molar-refractivity contribution in [1.82, 2.24) is 0 Å². The molecule has 0 radical (unpaired) electrons. The normalized spacial score (nSPS) is 18.5. The molecule has 100 valence electrons. The zero-order chi connectivity index (χ0) is 13.6. The fourth-order valence-corrected chi connectivity index (χ4v) is 3.27. The minimum absolute atomic E-state index is 0.116. The lowest BCUT2D eigenvalue weighted by atomic mass is 10.1. The summed E-state index contributed by atoms with van der Waals surface area (Å²) in [5.74, 6) is -2.71. The fourth-order valence-electron chi connectivity index (χ4n) is 1.60. The van der Waals surface area contributed by atoms with Gasteiger partial charge in [0, 0.05) is 22.2 Å². The van der Waals surface area contributed by atoms with Gasteiger partial charge < -0.3 is 10.6 Å². The Balaban J connectivity index is 2.22. The first-order valence-corrected chi connectivity index (χ1v) is 7.63. The third-order valence-corrected chi connectivity index (χ3v) is 4.32. The number of hydrogen-bond acceptors (Lipinski definition) is 5. The molecule has 1 aromatic carbocycles. The number of hydrogen-bond donors (Lipinski definition) is 2. The summed E-state index contributed by atoms with van der Waals surface area (Å²) in [6, 6.07) is 4.31. The lowest BCUT2D eigenvalue weighted by Gasteiger charge is -2.40. The Bertz CT molecular complexity index is 569. The zero-order valence-corrected chi connectivity index (χ0v) is 10.6. The number of alkyl halides is 2. The van der Waals surface area contributed by atoms with E-state index in [0.29, 0.717) is 5.69 Å². The SMILES string of the molecule is Nc1ccc(N2CC(F)(F)C2)cc1SS(=O)(=O)O. The van der Waals surface area contributed by atoms with Gasteiger partial charge in [-0.2, -0.15) is 8.42 Å². The Morgan fingerprint density at radius 2 is 2.00 bits per heavy atom. The van der Waals surface area contributed by atoms with Crippen molar-refractivity contribution in [1.29, 1.82) is 0 Å². The molecule has 2 rings (SSSR count). The highest BCUT2D eigenvalue weighted by molar-refractivity contribution is 8.70.